The zero-order chi connectivity index (χ0) is 14.1. The molecule has 1 aliphatic carbocycles. The highest BCUT2D eigenvalue weighted by molar-refractivity contribution is 5.39. The molecule has 0 radical (unpaired) electrons. The van der Waals surface area contributed by atoms with E-state index in [0.29, 0.717) is 5.41 Å². The van der Waals surface area contributed by atoms with E-state index in [9.17, 15) is 0 Å². The molecule has 2 heteroatoms. The van der Waals surface area contributed by atoms with Crippen LogP contribution in [0.3, 0.4) is 0 Å². The number of allylic oxidation sites excluding steroid dienone is 3. The first kappa shape index (κ1) is 13.1. The number of piperidine rings is 1. The lowest BCUT2D eigenvalue weighted by Gasteiger charge is -2.39. The maximum atomic E-state index is 5.98. The Balaban J connectivity index is 1.43. The third-order valence-corrected chi connectivity index (χ3v) is 5.25. The Hall–Kier alpha value is -1.54. The van der Waals surface area contributed by atoms with Crippen LogP contribution in [-0.2, 0) is 11.3 Å². The van der Waals surface area contributed by atoms with E-state index in [2.05, 4.69) is 47.4 Å². The van der Waals surface area contributed by atoms with Crippen molar-refractivity contribution in [3.05, 3.63) is 59.4 Å². The fraction of sp³-hybridized carbons (Fsp3) is 0.474. The largest absolute Gasteiger partial charge is 0.493 e. The normalized spacial score (nSPS) is 24.2. The fourth-order valence-corrected chi connectivity index (χ4v) is 3.96. The van der Waals surface area contributed by atoms with Crippen molar-refractivity contribution in [3.8, 4) is 0 Å². The van der Waals surface area contributed by atoms with Gasteiger partial charge in [-0.1, -0.05) is 36.4 Å². The van der Waals surface area contributed by atoms with Crippen LogP contribution in [0.5, 0.6) is 0 Å². The van der Waals surface area contributed by atoms with E-state index < -0.39 is 0 Å². The second-order valence-corrected chi connectivity index (χ2v) is 6.59. The zero-order valence-electron chi connectivity index (χ0n) is 12.6. The summed E-state index contributed by atoms with van der Waals surface area (Å²) in [5.74, 6) is 1.19. The minimum absolute atomic E-state index is 0.319. The number of likely N-dealkylation sites (tertiary alicyclic amines) is 1. The summed E-state index contributed by atoms with van der Waals surface area (Å²) in [6.45, 7) is 4.36. The lowest BCUT2D eigenvalue weighted by atomic mass is 9.72. The number of benzene rings is 1. The second-order valence-electron chi connectivity index (χ2n) is 6.59. The van der Waals surface area contributed by atoms with Crippen LogP contribution in [0.1, 0.15) is 31.2 Å². The quantitative estimate of drug-likeness (QED) is 0.815. The van der Waals surface area contributed by atoms with Crippen molar-refractivity contribution in [2.75, 3.05) is 19.7 Å². The summed E-state index contributed by atoms with van der Waals surface area (Å²) in [7, 11) is 0. The van der Waals surface area contributed by atoms with Crippen LogP contribution >= 0.6 is 0 Å². The van der Waals surface area contributed by atoms with Crippen LogP contribution in [0, 0.1) is 5.41 Å². The molecule has 1 aromatic carbocycles. The molecule has 0 unspecified atom stereocenters. The summed E-state index contributed by atoms with van der Waals surface area (Å²) in [6.07, 6.45) is 9.55. The van der Waals surface area contributed by atoms with Crippen molar-refractivity contribution in [3.63, 3.8) is 0 Å². The first-order valence-corrected chi connectivity index (χ1v) is 8.16. The van der Waals surface area contributed by atoms with Gasteiger partial charge < -0.3 is 4.74 Å². The van der Waals surface area contributed by atoms with Crippen LogP contribution in [0.15, 0.2) is 53.8 Å². The van der Waals surface area contributed by atoms with E-state index in [4.69, 9.17) is 4.74 Å². The van der Waals surface area contributed by atoms with Crippen LogP contribution in [0.2, 0.25) is 0 Å². The fourth-order valence-electron chi connectivity index (χ4n) is 3.96. The van der Waals surface area contributed by atoms with Gasteiger partial charge in [-0.15, -0.1) is 0 Å². The first-order valence-electron chi connectivity index (χ1n) is 8.16. The van der Waals surface area contributed by atoms with Gasteiger partial charge in [0.05, 0.1) is 6.61 Å². The molecule has 0 bridgehead atoms. The SMILES string of the molecule is C1=C2OCC3(CCN(Cc4ccccc4)CC3)C2=CCC1. The molecule has 2 heterocycles. The summed E-state index contributed by atoms with van der Waals surface area (Å²) in [5, 5.41) is 0. The molecule has 1 aromatic rings. The number of hydrogen-bond donors (Lipinski definition) is 0. The van der Waals surface area contributed by atoms with Crippen molar-refractivity contribution in [2.24, 2.45) is 5.41 Å². The molecule has 2 fully saturated rings. The molecule has 21 heavy (non-hydrogen) atoms. The molecule has 2 nitrogen and oxygen atoms in total. The standard InChI is InChI=1S/C19H23NO/c1-2-6-16(7-3-1)14-20-12-10-19(11-13-20)15-21-18-9-5-4-8-17(18)19/h1-3,6-9H,4-5,10-15H2. The molecule has 1 spiro atoms. The first-order chi connectivity index (χ1) is 10.4. The molecule has 2 saturated heterocycles. The lowest BCUT2D eigenvalue weighted by Crippen LogP contribution is -2.40. The summed E-state index contributed by atoms with van der Waals surface area (Å²) in [5.41, 5.74) is 3.26. The molecule has 0 atom stereocenters. The van der Waals surface area contributed by atoms with E-state index in [1.807, 2.05) is 0 Å². The molecule has 110 valence electrons. The van der Waals surface area contributed by atoms with E-state index in [1.165, 1.54) is 49.2 Å². The van der Waals surface area contributed by atoms with E-state index >= 15 is 0 Å². The average Bonchev–Trinajstić information content (AvgIpc) is 2.90. The highest BCUT2D eigenvalue weighted by Gasteiger charge is 2.45. The highest BCUT2D eigenvalue weighted by atomic mass is 16.5. The third-order valence-electron chi connectivity index (χ3n) is 5.25. The summed E-state index contributed by atoms with van der Waals surface area (Å²) in [4.78, 5) is 2.59. The van der Waals surface area contributed by atoms with Gasteiger partial charge >= 0.3 is 0 Å². The molecule has 4 rings (SSSR count). The van der Waals surface area contributed by atoms with Crippen LogP contribution in [0.4, 0.5) is 0 Å². The molecule has 0 N–H and O–H groups in total. The van der Waals surface area contributed by atoms with Gasteiger partial charge in [-0.25, -0.2) is 0 Å². The van der Waals surface area contributed by atoms with Gasteiger partial charge in [0.25, 0.3) is 0 Å². The van der Waals surface area contributed by atoms with E-state index in [-0.39, 0.29) is 0 Å². The Morgan fingerprint density at radius 1 is 1.00 bits per heavy atom. The van der Waals surface area contributed by atoms with Gasteiger partial charge in [-0.05, 0) is 56.0 Å². The number of hydrogen-bond acceptors (Lipinski definition) is 2. The summed E-state index contributed by atoms with van der Waals surface area (Å²) >= 11 is 0. The maximum Gasteiger partial charge on any atom is 0.118 e. The van der Waals surface area contributed by atoms with Gasteiger partial charge in [-0.3, -0.25) is 4.90 Å². The highest BCUT2D eigenvalue weighted by Crippen LogP contribution is 2.49. The summed E-state index contributed by atoms with van der Waals surface area (Å²) < 4.78 is 5.98. The molecule has 3 aliphatic rings. The van der Waals surface area contributed by atoms with Crippen LogP contribution < -0.4 is 0 Å². The smallest absolute Gasteiger partial charge is 0.118 e. The number of rotatable bonds is 2. The van der Waals surface area contributed by atoms with E-state index in [1.54, 1.807) is 0 Å². The Kier molecular flexibility index (Phi) is 3.34. The average molecular weight is 281 g/mol. The van der Waals surface area contributed by atoms with Crippen LogP contribution in [-0.4, -0.2) is 24.6 Å². The Morgan fingerprint density at radius 3 is 2.57 bits per heavy atom. The number of nitrogens with zero attached hydrogens (tertiary/aromatic N) is 1. The van der Waals surface area contributed by atoms with Gasteiger partial charge in [0.2, 0.25) is 0 Å². The topological polar surface area (TPSA) is 12.5 Å². The molecule has 0 saturated carbocycles. The molecular formula is C19H23NO. The summed E-state index contributed by atoms with van der Waals surface area (Å²) in [6, 6.07) is 10.8. The minimum Gasteiger partial charge on any atom is -0.493 e. The van der Waals surface area contributed by atoms with Crippen LogP contribution in [0.25, 0.3) is 0 Å². The molecule has 2 aliphatic heterocycles. The van der Waals surface area contributed by atoms with Gasteiger partial charge in [0.1, 0.15) is 5.76 Å². The molecule has 0 amide bonds. The predicted octanol–water partition coefficient (Wildman–Crippen LogP) is 3.90. The Labute approximate surface area is 127 Å². The van der Waals surface area contributed by atoms with Gasteiger partial charge in [-0.2, -0.15) is 0 Å². The maximum absolute atomic E-state index is 5.98. The van der Waals surface area contributed by atoms with Crippen molar-refractivity contribution in [1.82, 2.24) is 4.90 Å². The van der Waals surface area contributed by atoms with Crippen molar-refractivity contribution in [1.29, 1.82) is 0 Å². The van der Waals surface area contributed by atoms with E-state index in [0.717, 1.165) is 19.6 Å². The minimum atomic E-state index is 0.319. The molecule has 0 aromatic heterocycles. The zero-order valence-corrected chi connectivity index (χ0v) is 12.6. The van der Waals surface area contributed by atoms with Gasteiger partial charge in [0.15, 0.2) is 0 Å². The number of ether oxygens (including phenoxy) is 1. The third kappa shape index (κ3) is 2.42. The molecular weight excluding hydrogens is 258 g/mol. The van der Waals surface area contributed by atoms with Crippen molar-refractivity contribution >= 4 is 0 Å². The second kappa shape index (κ2) is 5.34. The lowest BCUT2D eigenvalue weighted by molar-refractivity contribution is 0.0951. The number of fused-ring (bicyclic) bond motifs is 2. The monoisotopic (exact) mass is 281 g/mol. The Bertz CT molecular complexity index is 564. The van der Waals surface area contributed by atoms with Crippen molar-refractivity contribution in [2.45, 2.75) is 32.2 Å². The predicted molar refractivity (Wildman–Crippen MR) is 84.7 cm³/mol. The van der Waals surface area contributed by atoms with Gasteiger partial charge in [0, 0.05) is 12.0 Å². The Morgan fingerprint density at radius 2 is 1.76 bits per heavy atom. The van der Waals surface area contributed by atoms with Crippen molar-refractivity contribution < 1.29 is 4.74 Å².